The fraction of sp³-hybridized carbons (Fsp3) is 0.692. The molecule has 1 aliphatic rings. The fourth-order valence-corrected chi connectivity index (χ4v) is 4.12. The van der Waals surface area contributed by atoms with Gasteiger partial charge >= 0.3 is 0 Å². The normalized spacial score (nSPS) is 20.4. The second-order valence-electron chi connectivity index (χ2n) is 5.09. The lowest BCUT2D eigenvalue weighted by atomic mass is 10.1. The summed E-state index contributed by atoms with van der Waals surface area (Å²) in [6, 6.07) is 1.80. The molecule has 1 saturated heterocycles. The summed E-state index contributed by atoms with van der Waals surface area (Å²) >= 11 is 0. The molecule has 0 bridgehead atoms. The van der Waals surface area contributed by atoms with Crippen LogP contribution in [0, 0.1) is 5.92 Å². The number of aromatic nitrogens is 2. The van der Waals surface area contributed by atoms with Gasteiger partial charge in [-0.1, -0.05) is 0 Å². The molecule has 21 heavy (non-hydrogen) atoms. The number of rotatable bonds is 7. The van der Waals surface area contributed by atoms with Crippen LogP contribution in [0.3, 0.4) is 0 Å². The molecule has 0 aromatic carbocycles. The second-order valence-corrected chi connectivity index (χ2v) is 7.32. The average Bonchev–Trinajstić information content (AvgIpc) is 2.82. The van der Waals surface area contributed by atoms with Crippen molar-refractivity contribution >= 4 is 21.5 Å². The largest absolute Gasteiger partial charge is 0.374 e. The van der Waals surface area contributed by atoms with E-state index in [2.05, 4.69) is 20.6 Å². The molecule has 0 radical (unpaired) electrons. The van der Waals surface area contributed by atoms with Crippen LogP contribution in [0.1, 0.15) is 19.2 Å². The standard InChI is InChI=1S/C13H22N4O3S/c1-3-20-8-13-16-11(14-2)6-12(17-13)15-7-10-4-5-21(18,19)9-10/h6,10H,3-5,7-9H2,1-2H3,(H2,14,15,16,17). The zero-order chi connectivity index (χ0) is 15.3. The lowest BCUT2D eigenvalue weighted by Gasteiger charge is -2.12. The Morgan fingerprint density at radius 3 is 2.76 bits per heavy atom. The fourth-order valence-electron chi connectivity index (χ4n) is 2.26. The van der Waals surface area contributed by atoms with Crippen molar-refractivity contribution < 1.29 is 13.2 Å². The van der Waals surface area contributed by atoms with Gasteiger partial charge in [-0.2, -0.15) is 0 Å². The van der Waals surface area contributed by atoms with Crippen molar-refractivity contribution in [2.24, 2.45) is 5.92 Å². The van der Waals surface area contributed by atoms with Crippen LogP contribution in [0.5, 0.6) is 0 Å². The van der Waals surface area contributed by atoms with Gasteiger partial charge in [0.15, 0.2) is 15.7 Å². The van der Waals surface area contributed by atoms with E-state index >= 15 is 0 Å². The Morgan fingerprint density at radius 2 is 2.14 bits per heavy atom. The van der Waals surface area contributed by atoms with Crippen LogP contribution < -0.4 is 10.6 Å². The summed E-state index contributed by atoms with van der Waals surface area (Å²) in [6.45, 7) is 3.49. The number of nitrogens with one attached hydrogen (secondary N) is 2. The third kappa shape index (κ3) is 4.82. The molecule has 2 heterocycles. The molecule has 1 aliphatic heterocycles. The van der Waals surface area contributed by atoms with Gasteiger partial charge in [-0.3, -0.25) is 0 Å². The van der Waals surface area contributed by atoms with E-state index in [4.69, 9.17) is 4.74 Å². The van der Waals surface area contributed by atoms with Gasteiger partial charge in [0, 0.05) is 26.3 Å². The first-order chi connectivity index (χ1) is 10.0. The number of hydrogen-bond acceptors (Lipinski definition) is 7. The Bertz CT molecular complexity index is 577. The molecule has 1 unspecified atom stereocenters. The minimum atomic E-state index is -2.84. The molecule has 1 atom stereocenters. The quantitative estimate of drug-likeness (QED) is 0.772. The monoisotopic (exact) mass is 314 g/mol. The predicted octanol–water partition coefficient (Wildman–Crippen LogP) is 0.901. The van der Waals surface area contributed by atoms with E-state index in [0.717, 1.165) is 0 Å². The van der Waals surface area contributed by atoms with Crippen LogP contribution >= 0.6 is 0 Å². The van der Waals surface area contributed by atoms with Gasteiger partial charge < -0.3 is 15.4 Å². The molecule has 8 heteroatoms. The molecule has 1 aromatic rings. The summed E-state index contributed by atoms with van der Waals surface area (Å²) in [6.07, 6.45) is 0.713. The minimum Gasteiger partial charge on any atom is -0.374 e. The maximum atomic E-state index is 11.4. The lowest BCUT2D eigenvalue weighted by molar-refractivity contribution is 0.128. The SMILES string of the molecule is CCOCc1nc(NC)cc(NCC2CCS(=O)(=O)C2)n1. The first-order valence-electron chi connectivity index (χ1n) is 7.10. The summed E-state index contributed by atoms with van der Waals surface area (Å²) in [5.41, 5.74) is 0. The highest BCUT2D eigenvalue weighted by Gasteiger charge is 2.27. The van der Waals surface area contributed by atoms with Gasteiger partial charge in [0.05, 0.1) is 11.5 Å². The summed E-state index contributed by atoms with van der Waals surface area (Å²) in [5, 5.41) is 6.19. The summed E-state index contributed by atoms with van der Waals surface area (Å²) in [4.78, 5) is 8.69. The Kier molecular flexibility index (Phi) is 5.35. The Morgan fingerprint density at radius 1 is 1.38 bits per heavy atom. The van der Waals surface area contributed by atoms with Crippen LogP contribution in [0.2, 0.25) is 0 Å². The molecular formula is C13H22N4O3S. The maximum absolute atomic E-state index is 11.4. The van der Waals surface area contributed by atoms with Crippen LogP contribution in [-0.2, 0) is 21.2 Å². The van der Waals surface area contributed by atoms with Gasteiger partial charge in [0.1, 0.15) is 18.2 Å². The van der Waals surface area contributed by atoms with Crippen molar-refractivity contribution in [3.63, 3.8) is 0 Å². The van der Waals surface area contributed by atoms with E-state index in [-0.39, 0.29) is 11.7 Å². The van der Waals surface area contributed by atoms with E-state index in [1.54, 1.807) is 13.1 Å². The zero-order valence-electron chi connectivity index (χ0n) is 12.4. The molecule has 0 aliphatic carbocycles. The van der Waals surface area contributed by atoms with Gasteiger partial charge in [0.25, 0.3) is 0 Å². The number of sulfone groups is 1. The third-order valence-electron chi connectivity index (χ3n) is 3.36. The summed E-state index contributed by atoms with van der Waals surface area (Å²) in [7, 11) is -1.05. The van der Waals surface area contributed by atoms with E-state index in [1.807, 2.05) is 6.92 Å². The summed E-state index contributed by atoms with van der Waals surface area (Å²) in [5.74, 6) is 2.70. The van der Waals surface area contributed by atoms with Crippen LogP contribution in [0.15, 0.2) is 6.07 Å². The minimum absolute atomic E-state index is 0.151. The predicted molar refractivity (Wildman–Crippen MR) is 82.2 cm³/mol. The molecule has 1 aromatic heterocycles. The molecule has 7 nitrogen and oxygen atoms in total. The van der Waals surface area contributed by atoms with Gasteiger partial charge in [-0.05, 0) is 19.3 Å². The van der Waals surface area contributed by atoms with E-state index in [1.165, 1.54) is 0 Å². The van der Waals surface area contributed by atoms with Crippen molar-refractivity contribution in [2.75, 3.05) is 42.3 Å². The Balaban J connectivity index is 1.98. The molecule has 2 N–H and O–H groups in total. The van der Waals surface area contributed by atoms with E-state index < -0.39 is 9.84 Å². The van der Waals surface area contributed by atoms with Crippen LogP contribution in [-0.4, -0.2) is 50.1 Å². The van der Waals surface area contributed by atoms with Crippen molar-refractivity contribution in [2.45, 2.75) is 20.0 Å². The number of ether oxygens (including phenoxy) is 1. The maximum Gasteiger partial charge on any atom is 0.158 e. The van der Waals surface area contributed by atoms with Crippen molar-refractivity contribution in [3.05, 3.63) is 11.9 Å². The number of anilines is 2. The van der Waals surface area contributed by atoms with Gasteiger partial charge in [-0.15, -0.1) is 0 Å². The highest BCUT2D eigenvalue weighted by molar-refractivity contribution is 7.91. The Hall–Kier alpha value is -1.41. The molecule has 0 spiro atoms. The second kappa shape index (κ2) is 7.04. The third-order valence-corrected chi connectivity index (χ3v) is 5.20. The summed E-state index contributed by atoms with van der Waals surface area (Å²) < 4.78 is 28.2. The van der Waals surface area contributed by atoms with Crippen molar-refractivity contribution in [1.82, 2.24) is 9.97 Å². The number of hydrogen-bond donors (Lipinski definition) is 2. The first-order valence-corrected chi connectivity index (χ1v) is 8.92. The number of nitrogens with zero attached hydrogens (tertiary/aromatic N) is 2. The first kappa shape index (κ1) is 16.0. The van der Waals surface area contributed by atoms with Crippen molar-refractivity contribution in [3.8, 4) is 0 Å². The van der Waals surface area contributed by atoms with Crippen molar-refractivity contribution in [1.29, 1.82) is 0 Å². The average molecular weight is 314 g/mol. The molecular weight excluding hydrogens is 292 g/mol. The van der Waals surface area contributed by atoms with Crippen LogP contribution in [0.25, 0.3) is 0 Å². The van der Waals surface area contributed by atoms with Crippen LogP contribution in [0.4, 0.5) is 11.6 Å². The topological polar surface area (TPSA) is 93.2 Å². The molecule has 0 saturated carbocycles. The zero-order valence-corrected chi connectivity index (χ0v) is 13.2. The molecule has 118 valence electrons. The van der Waals surface area contributed by atoms with Gasteiger partial charge in [-0.25, -0.2) is 18.4 Å². The van der Waals surface area contributed by atoms with Gasteiger partial charge in [0.2, 0.25) is 0 Å². The lowest BCUT2D eigenvalue weighted by Crippen LogP contribution is -2.17. The Labute approximate surface area is 125 Å². The smallest absolute Gasteiger partial charge is 0.158 e. The van der Waals surface area contributed by atoms with E-state index in [0.29, 0.717) is 49.4 Å². The molecule has 1 fully saturated rings. The molecule has 2 rings (SSSR count). The van der Waals surface area contributed by atoms with E-state index in [9.17, 15) is 8.42 Å². The molecule has 0 amide bonds. The highest BCUT2D eigenvalue weighted by Crippen LogP contribution is 2.19. The highest BCUT2D eigenvalue weighted by atomic mass is 32.2.